The lowest BCUT2D eigenvalue weighted by molar-refractivity contribution is -0.131. The van der Waals surface area contributed by atoms with Gasteiger partial charge in [-0.1, -0.05) is 46.3 Å². The van der Waals surface area contributed by atoms with Gasteiger partial charge in [0.2, 0.25) is 5.91 Å². The first-order valence-electron chi connectivity index (χ1n) is 7.51. The molecular weight excluding hydrogens is 372 g/mol. The van der Waals surface area contributed by atoms with Crippen LogP contribution in [-0.2, 0) is 4.79 Å². The van der Waals surface area contributed by atoms with Gasteiger partial charge in [0.25, 0.3) is 0 Å². The van der Waals surface area contributed by atoms with Crippen molar-refractivity contribution < 1.29 is 4.79 Å². The number of rotatable bonds is 1. The van der Waals surface area contributed by atoms with E-state index >= 15 is 0 Å². The quantitative estimate of drug-likeness (QED) is 0.723. The summed E-state index contributed by atoms with van der Waals surface area (Å²) in [6, 6.07) is 16.5. The molecule has 3 nitrogen and oxygen atoms in total. The number of thioether (sulfide) groups is 1. The molecule has 0 radical (unpaired) electrons. The van der Waals surface area contributed by atoms with Gasteiger partial charge in [0.1, 0.15) is 0 Å². The summed E-state index contributed by atoms with van der Waals surface area (Å²) in [5.74, 6) is 1.17. The molecule has 116 valence electrons. The average molecular weight is 387 g/mol. The molecular formula is C18H15BrN2OS. The van der Waals surface area contributed by atoms with Crippen LogP contribution in [0.15, 0.2) is 63.0 Å². The number of hydrazone groups is 1. The van der Waals surface area contributed by atoms with Gasteiger partial charge in [0.05, 0.1) is 11.8 Å². The summed E-state index contributed by atoms with van der Waals surface area (Å²) < 4.78 is 1.04. The fraction of sp³-hybridized carbons (Fsp3) is 0.222. The zero-order chi connectivity index (χ0) is 16.0. The smallest absolute Gasteiger partial charge is 0.240 e. The molecule has 1 amide bonds. The van der Waals surface area contributed by atoms with Crippen LogP contribution in [0.5, 0.6) is 0 Å². The number of benzene rings is 2. The molecule has 0 fully saturated rings. The van der Waals surface area contributed by atoms with Gasteiger partial charge in [0.15, 0.2) is 0 Å². The second-order valence-corrected chi connectivity index (χ2v) is 7.74. The lowest BCUT2D eigenvalue weighted by Gasteiger charge is -2.28. The monoisotopic (exact) mass is 386 g/mol. The minimum Gasteiger partial charge on any atom is -0.273 e. The van der Waals surface area contributed by atoms with Crippen molar-refractivity contribution in [2.24, 2.45) is 11.0 Å². The normalized spacial score (nSPS) is 22.3. The first kappa shape index (κ1) is 15.0. The zero-order valence-corrected chi connectivity index (χ0v) is 15.0. The number of carbonyl (C=O) groups is 1. The molecule has 0 N–H and O–H groups in total. The number of amides is 1. The molecule has 0 bridgehead atoms. The number of halogens is 1. The van der Waals surface area contributed by atoms with Gasteiger partial charge in [-0.15, -0.1) is 11.8 Å². The molecule has 2 unspecified atom stereocenters. The van der Waals surface area contributed by atoms with Crippen LogP contribution >= 0.6 is 27.7 Å². The minimum atomic E-state index is -0.0172. The molecule has 5 heteroatoms. The zero-order valence-electron chi connectivity index (χ0n) is 12.6. The Labute approximate surface area is 147 Å². The summed E-state index contributed by atoms with van der Waals surface area (Å²) in [5.41, 5.74) is 3.34. The molecule has 2 atom stereocenters. The number of fused-ring (bicyclic) bond motifs is 3. The van der Waals surface area contributed by atoms with Gasteiger partial charge in [0, 0.05) is 33.5 Å². The van der Waals surface area contributed by atoms with Crippen molar-refractivity contribution in [2.45, 2.75) is 17.9 Å². The van der Waals surface area contributed by atoms with E-state index in [4.69, 9.17) is 5.10 Å². The predicted octanol–water partition coefficient (Wildman–Crippen LogP) is 4.48. The maximum atomic E-state index is 12.2. The second-order valence-electron chi connectivity index (χ2n) is 5.76. The maximum absolute atomic E-state index is 12.2. The molecule has 0 aliphatic carbocycles. The van der Waals surface area contributed by atoms with E-state index < -0.39 is 0 Å². The Morgan fingerprint density at radius 1 is 1.22 bits per heavy atom. The van der Waals surface area contributed by atoms with Crippen molar-refractivity contribution in [1.82, 2.24) is 5.01 Å². The Hall–Kier alpha value is -1.59. The SMILES string of the molecule is CC(=O)N1N=C2c3ccccc3SCC2C1c1ccc(Br)cc1. The molecule has 23 heavy (non-hydrogen) atoms. The largest absolute Gasteiger partial charge is 0.273 e. The molecule has 0 aromatic heterocycles. The van der Waals surface area contributed by atoms with E-state index in [1.54, 1.807) is 11.9 Å². The predicted molar refractivity (Wildman–Crippen MR) is 96.6 cm³/mol. The van der Waals surface area contributed by atoms with Gasteiger partial charge in [-0.2, -0.15) is 5.10 Å². The van der Waals surface area contributed by atoms with Gasteiger partial charge >= 0.3 is 0 Å². The fourth-order valence-corrected chi connectivity index (χ4v) is 4.75. The Morgan fingerprint density at radius 2 is 1.96 bits per heavy atom. The Bertz CT molecular complexity index is 803. The number of carbonyl (C=O) groups excluding carboxylic acids is 1. The third-order valence-corrected chi connectivity index (χ3v) is 6.05. The summed E-state index contributed by atoms with van der Waals surface area (Å²) in [7, 11) is 0. The first-order valence-corrected chi connectivity index (χ1v) is 9.29. The molecule has 2 aliphatic heterocycles. The van der Waals surface area contributed by atoms with E-state index in [0.717, 1.165) is 21.5 Å². The van der Waals surface area contributed by atoms with Crippen LogP contribution in [-0.4, -0.2) is 22.4 Å². The molecule has 4 rings (SSSR count). The summed E-state index contributed by atoms with van der Waals surface area (Å²) in [5, 5.41) is 6.37. The molecule has 2 heterocycles. The van der Waals surface area contributed by atoms with Crippen molar-refractivity contribution in [3.8, 4) is 0 Å². The van der Waals surface area contributed by atoms with Crippen LogP contribution in [0.3, 0.4) is 0 Å². The summed E-state index contributed by atoms with van der Waals surface area (Å²) in [6.45, 7) is 1.59. The Kier molecular flexibility index (Phi) is 3.77. The number of hydrogen-bond acceptors (Lipinski definition) is 3. The van der Waals surface area contributed by atoms with Gasteiger partial charge in [-0.3, -0.25) is 4.79 Å². The van der Waals surface area contributed by atoms with E-state index in [9.17, 15) is 4.79 Å². The van der Waals surface area contributed by atoms with Crippen molar-refractivity contribution >= 4 is 39.3 Å². The lowest BCUT2D eigenvalue weighted by Crippen LogP contribution is -2.31. The average Bonchev–Trinajstić information content (AvgIpc) is 2.96. The van der Waals surface area contributed by atoms with Crippen LogP contribution < -0.4 is 0 Å². The summed E-state index contributed by atoms with van der Waals surface area (Å²) in [4.78, 5) is 13.4. The Morgan fingerprint density at radius 3 is 2.70 bits per heavy atom. The van der Waals surface area contributed by atoms with Crippen LogP contribution in [0.25, 0.3) is 0 Å². The highest BCUT2D eigenvalue weighted by atomic mass is 79.9. The Balaban J connectivity index is 1.80. The van der Waals surface area contributed by atoms with Gasteiger partial charge in [-0.05, 0) is 23.8 Å². The molecule has 0 spiro atoms. The minimum absolute atomic E-state index is 0.0118. The standard InChI is InChI=1S/C18H15BrN2OS/c1-11(22)21-18(12-6-8-13(19)9-7-12)15-10-23-16-5-3-2-4-14(16)17(15)20-21/h2-9,15,18H,10H2,1H3. The third kappa shape index (κ3) is 2.52. The molecule has 2 aromatic carbocycles. The van der Waals surface area contributed by atoms with E-state index in [1.165, 1.54) is 10.5 Å². The summed E-state index contributed by atoms with van der Waals surface area (Å²) >= 11 is 5.33. The van der Waals surface area contributed by atoms with E-state index in [2.05, 4.69) is 46.3 Å². The molecule has 0 saturated carbocycles. The number of nitrogens with zero attached hydrogens (tertiary/aromatic N) is 2. The third-order valence-electron chi connectivity index (χ3n) is 4.33. The first-order chi connectivity index (χ1) is 11.1. The fourth-order valence-electron chi connectivity index (χ4n) is 3.28. The number of hydrogen-bond donors (Lipinski definition) is 0. The highest BCUT2D eigenvalue weighted by Gasteiger charge is 2.43. The van der Waals surface area contributed by atoms with Crippen LogP contribution in [0.2, 0.25) is 0 Å². The highest BCUT2D eigenvalue weighted by molar-refractivity contribution is 9.10. The van der Waals surface area contributed by atoms with Crippen LogP contribution in [0.4, 0.5) is 0 Å². The molecule has 0 saturated heterocycles. The van der Waals surface area contributed by atoms with Crippen molar-refractivity contribution in [1.29, 1.82) is 0 Å². The second kappa shape index (κ2) is 5.80. The molecule has 2 aliphatic rings. The van der Waals surface area contributed by atoms with Crippen LogP contribution in [0, 0.1) is 5.92 Å². The maximum Gasteiger partial charge on any atom is 0.240 e. The lowest BCUT2D eigenvalue weighted by atomic mass is 9.88. The van der Waals surface area contributed by atoms with Gasteiger partial charge < -0.3 is 0 Å². The van der Waals surface area contributed by atoms with Crippen molar-refractivity contribution in [2.75, 3.05) is 5.75 Å². The van der Waals surface area contributed by atoms with E-state index in [1.807, 2.05) is 30.0 Å². The van der Waals surface area contributed by atoms with Crippen molar-refractivity contribution in [3.05, 3.63) is 64.1 Å². The topological polar surface area (TPSA) is 32.7 Å². The van der Waals surface area contributed by atoms with Gasteiger partial charge in [-0.25, -0.2) is 5.01 Å². The van der Waals surface area contributed by atoms with Crippen molar-refractivity contribution in [3.63, 3.8) is 0 Å². The molecule has 2 aromatic rings. The highest BCUT2D eigenvalue weighted by Crippen LogP contribution is 2.45. The van der Waals surface area contributed by atoms with E-state index in [-0.39, 0.29) is 17.9 Å². The summed E-state index contributed by atoms with van der Waals surface area (Å²) in [6.07, 6.45) is 0. The van der Waals surface area contributed by atoms with E-state index in [0.29, 0.717) is 0 Å². The van der Waals surface area contributed by atoms with Crippen LogP contribution in [0.1, 0.15) is 24.1 Å².